The molecule has 2 aliphatic heterocycles. The number of hydrogen-bond acceptors (Lipinski definition) is 4. The summed E-state index contributed by atoms with van der Waals surface area (Å²) in [6.45, 7) is 11.6. The highest BCUT2D eigenvalue weighted by atomic mass is 16.5. The minimum atomic E-state index is 0.692. The number of nitrogens with one attached hydrogen (secondary N) is 1. The second-order valence-corrected chi connectivity index (χ2v) is 7.53. The molecule has 0 aromatic carbocycles. The van der Waals surface area contributed by atoms with Crippen molar-refractivity contribution >= 4 is 0 Å². The van der Waals surface area contributed by atoms with Gasteiger partial charge in [-0.2, -0.15) is 0 Å². The summed E-state index contributed by atoms with van der Waals surface area (Å²) in [6, 6.07) is 0. The number of ether oxygens (including phenoxy) is 1. The maximum absolute atomic E-state index is 5.71. The average molecular weight is 340 g/mol. The molecule has 2 heterocycles. The Morgan fingerprint density at radius 1 is 0.792 bits per heavy atom. The number of rotatable bonds is 14. The van der Waals surface area contributed by atoms with E-state index in [-0.39, 0.29) is 0 Å². The number of nitrogens with zero attached hydrogens (tertiary/aromatic N) is 2. The monoisotopic (exact) mass is 339 g/mol. The summed E-state index contributed by atoms with van der Waals surface area (Å²) >= 11 is 0. The third kappa shape index (κ3) is 7.81. The van der Waals surface area contributed by atoms with E-state index in [2.05, 4.69) is 22.0 Å². The van der Waals surface area contributed by atoms with Crippen molar-refractivity contribution in [3.05, 3.63) is 0 Å². The SMILES string of the molecule is CCCCCCOCCCNCCC(N1CCCC1)N1CCCC1. The van der Waals surface area contributed by atoms with Gasteiger partial charge in [0.1, 0.15) is 0 Å². The first kappa shape index (κ1) is 20.2. The van der Waals surface area contributed by atoms with Gasteiger partial charge in [-0.3, -0.25) is 9.80 Å². The molecule has 142 valence electrons. The van der Waals surface area contributed by atoms with E-state index < -0.39 is 0 Å². The number of unbranched alkanes of at least 4 members (excludes halogenated alkanes) is 3. The van der Waals surface area contributed by atoms with Crippen LogP contribution in [0.15, 0.2) is 0 Å². The fourth-order valence-corrected chi connectivity index (χ4v) is 4.06. The summed E-state index contributed by atoms with van der Waals surface area (Å²) in [6.07, 6.45) is 13.9. The van der Waals surface area contributed by atoms with Crippen LogP contribution in [0.3, 0.4) is 0 Å². The Hall–Kier alpha value is -0.160. The zero-order chi connectivity index (χ0) is 16.9. The third-order valence-electron chi connectivity index (χ3n) is 5.49. The minimum absolute atomic E-state index is 0.692. The number of hydrogen-bond donors (Lipinski definition) is 1. The lowest BCUT2D eigenvalue weighted by Gasteiger charge is -2.35. The van der Waals surface area contributed by atoms with Crippen molar-refractivity contribution in [1.82, 2.24) is 15.1 Å². The van der Waals surface area contributed by atoms with Crippen LogP contribution >= 0.6 is 0 Å². The molecule has 0 spiro atoms. The second kappa shape index (κ2) is 13.1. The molecule has 0 amide bonds. The molecule has 0 radical (unpaired) electrons. The maximum atomic E-state index is 5.71. The molecule has 4 heteroatoms. The van der Waals surface area contributed by atoms with Gasteiger partial charge < -0.3 is 10.1 Å². The molecule has 24 heavy (non-hydrogen) atoms. The topological polar surface area (TPSA) is 27.7 Å². The van der Waals surface area contributed by atoms with Gasteiger partial charge in [-0.1, -0.05) is 26.2 Å². The van der Waals surface area contributed by atoms with Gasteiger partial charge in [-0.25, -0.2) is 0 Å². The molecule has 2 saturated heterocycles. The van der Waals surface area contributed by atoms with Gasteiger partial charge in [0.15, 0.2) is 0 Å². The second-order valence-electron chi connectivity index (χ2n) is 7.53. The van der Waals surface area contributed by atoms with Crippen molar-refractivity contribution < 1.29 is 4.74 Å². The summed E-state index contributed by atoms with van der Waals surface area (Å²) in [5, 5.41) is 3.64. The Labute approximate surface area is 150 Å². The molecule has 0 unspecified atom stereocenters. The van der Waals surface area contributed by atoms with Crippen LogP contribution in [-0.2, 0) is 4.74 Å². The standard InChI is InChI=1S/C20H41N3O/c1-2-3-4-9-18-24-19-10-12-21-13-11-20(22-14-5-6-15-22)23-16-7-8-17-23/h20-21H,2-19H2,1H3. The Bertz CT molecular complexity index is 273. The first-order valence-electron chi connectivity index (χ1n) is 10.7. The van der Waals surface area contributed by atoms with E-state index in [0.717, 1.165) is 32.7 Å². The molecule has 2 rings (SSSR count). The van der Waals surface area contributed by atoms with E-state index >= 15 is 0 Å². The molecule has 0 saturated carbocycles. The Kier molecular flexibility index (Phi) is 11.0. The smallest absolute Gasteiger partial charge is 0.0634 e. The minimum Gasteiger partial charge on any atom is -0.381 e. The predicted octanol–water partition coefficient (Wildman–Crippen LogP) is 3.47. The average Bonchev–Trinajstić information content (AvgIpc) is 3.30. The van der Waals surface area contributed by atoms with E-state index in [1.54, 1.807) is 0 Å². The molecule has 1 N–H and O–H groups in total. The van der Waals surface area contributed by atoms with E-state index in [0.29, 0.717) is 6.17 Å². The van der Waals surface area contributed by atoms with Crippen molar-refractivity contribution in [1.29, 1.82) is 0 Å². The Morgan fingerprint density at radius 3 is 2.04 bits per heavy atom. The van der Waals surface area contributed by atoms with Crippen LogP contribution in [-0.4, -0.2) is 68.4 Å². The summed E-state index contributed by atoms with van der Waals surface area (Å²) < 4.78 is 5.71. The van der Waals surface area contributed by atoms with E-state index in [4.69, 9.17) is 4.74 Å². The van der Waals surface area contributed by atoms with Gasteiger partial charge in [-0.05, 0) is 84.2 Å². The molecule has 0 aromatic rings. The van der Waals surface area contributed by atoms with Gasteiger partial charge >= 0.3 is 0 Å². The van der Waals surface area contributed by atoms with Crippen molar-refractivity contribution in [3.63, 3.8) is 0 Å². The zero-order valence-electron chi connectivity index (χ0n) is 16.1. The van der Waals surface area contributed by atoms with Gasteiger partial charge in [-0.15, -0.1) is 0 Å². The highest BCUT2D eigenvalue weighted by molar-refractivity contribution is 4.81. The van der Waals surface area contributed by atoms with Crippen molar-refractivity contribution in [3.8, 4) is 0 Å². The maximum Gasteiger partial charge on any atom is 0.0634 e. The van der Waals surface area contributed by atoms with E-state index in [9.17, 15) is 0 Å². The molecule has 0 atom stereocenters. The third-order valence-corrected chi connectivity index (χ3v) is 5.49. The first-order valence-corrected chi connectivity index (χ1v) is 10.7. The van der Waals surface area contributed by atoms with Crippen LogP contribution in [0.5, 0.6) is 0 Å². The van der Waals surface area contributed by atoms with Crippen molar-refractivity contribution in [2.75, 3.05) is 52.5 Å². The summed E-state index contributed by atoms with van der Waals surface area (Å²) in [4.78, 5) is 5.46. The number of likely N-dealkylation sites (tertiary alicyclic amines) is 2. The van der Waals surface area contributed by atoms with E-state index in [1.807, 2.05) is 0 Å². The van der Waals surface area contributed by atoms with Crippen LogP contribution in [0.25, 0.3) is 0 Å². The summed E-state index contributed by atoms with van der Waals surface area (Å²) in [7, 11) is 0. The van der Waals surface area contributed by atoms with Crippen molar-refractivity contribution in [2.24, 2.45) is 0 Å². The van der Waals surface area contributed by atoms with Crippen LogP contribution in [0, 0.1) is 0 Å². The van der Waals surface area contributed by atoms with Gasteiger partial charge in [0, 0.05) is 13.2 Å². The molecular formula is C20H41N3O. The Morgan fingerprint density at radius 2 is 1.42 bits per heavy atom. The molecule has 0 bridgehead atoms. The van der Waals surface area contributed by atoms with Gasteiger partial charge in [0.05, 0.1) is 6.17 Å². The van der Waals surface area contributed by atoms with Crippen LogP contribution in [0.1, 0.15) is 71.1 Å². The fraction of sp³-hybridized carbons (Fsp3) is 1.00. The molecule has 0 aromatic heterocycles. The largest absolute Gasteiger partial charge is 0.381 e. The quantitative estimate of drug-likeness (QED) is 0.490. The highest BCUT2D eigenvalue weighted by Gasteiger charge is 2.28. The van der Waals surface area contributed by atoms with Crippen molar-refractivity contribution in [2.45, 2.75) is 77.3 Å². The molecule has 0 aliphatic carbocycles. The molecule has 4 nitrogen and oxygen atoms in total. The lowest BCUT2D eigenvalue weighted by molar-refractivity contribution is 0.0718. The molecule has 2 aliphatic rings. The summed E-state index contributed by atoms with van der Waals surface area (Å²) in [5.41, 5.74) is 0. The van der Waals surface area contributed by atoms with Crippen LogP contribution < -0.4 is 5.32 Å². The normalized spacial score (nSPS) is 19.8. The van der Waals surface area contributed by atoms with Crippen LogP contribution in [0.2, 0.25) is 0 Å². The van der Waals surface area contributed by atoms with Gasteiger partial charge in [0.2, 0.25) is 0 Å². The van der Waals surface area contributed by atoms with E-state index in [1.165, 1.54) is 84.0 Å². The molecule has 2 fully saturated rings. The van der Waals surface area contributed by atoms with Gasteiger partial charge in [0.25, 0.3) is 0 Å². The first-order chi connectivity index (χ1) is 11.9. The summed E-state index contributed by atoms with van der Waals surface area (Å²) in [5.74, 6) is 0. The zero-order valence-corrected chi connectivity index (χ0v) is 16.1. The molecular weight excluding hydrogens is 298 g/mol. The van der Waals surface area contributed by atoms with Crippen LogP contribution in [0.4, 0.5) is 0 Å². The lowest BCUT2D eigenvalue weighted by atomic mass is 10.2. The fourth-order valence-electron chi connectivity index (χ4n) is 4.06. The predicted molar refractivity (Wildman–Crippen MR) is 102 cm³/mol. The highest BCUT2D eigenvalue weighted by Crippen LogP contribution is 2.21. The Balaban J connectivity index is 1.47. The lowest BCUT2D eigenvalue weighted by Crippen LogP contribution is -2.47.